The van der Waals surface area contributed by atoms with E-state index in [0.717, 1.165) is 5.82 Å². The Morgan fingerprint density at radius 1 is 1.40 bits per heavy atom. The summed E-state index contributed by atoms with van der Waals surface area (Å²) in [7, 11) is 0. The maximum atomic E-state index is 3.96. The highest BCUT2D eigenvalue weighted by atomic mass is 15.1. The Morgan fingerprint density at radius 3 is 3.40 bits per heavy atom. The van der Waals surface area contributed by atoms with E-state index in [9.17, 15) is 0 Å². The van der Waals surface area contributed by atoms with Crippen LogP contribution in [0.3, 0.4) is 0 Å². The molecule has 0 amide bonds. The Morgan fingerprint density at radius 2 is 2.40 bits per heavy atom. The van der Waals surface area contributed by atoms with Gasteiger partial charge in [0.15, 0.2) is 0 Å². The highest BCUT2D eigenvalue weighted by Crippen LogP contribution is 2.08. The van der Waals surface area contributed by atoms with Gasteiger partial charge in [0.1, 0.15) is 12.1 Å². The first-order chi connectivity index (χ1) is 4.97. The number of hydrogen-bond acceptors (Lipinski definition) is 2. The number of imidazole rings is 1. The van der Waals surface area contributed by atoms with Crippen molar-refractivity contribution in [2.45, 2.75) is 0 Å². The van der Waals surface area contributed by atoms with E-state index in [1.54, 1.807) is 12.5 Å². The summed E-state index contributed by atoms with van der Waals surface area (Å²) in [5, 5.41) is 3.06. The van der Waals surface area contributed by atoms with Gasteiger partial charge in [-0.05, 0) is 12.2 Å². The van der Waals surface area contributed by atoms with E-state index in [0.29, 0.717) is 0 Å². The van der Waals surface area contributed by atoms with Crippen molar-refractivity contribution in [3.63, 3.8) is 0 Å². The molecule has 50 valence electrons. The van der Waals surface area contributed by atoms with Gasteiger partial charge in [0, 0.05) is 12.4 Å². The molecule has 3 nitrogen and oxygen atoms in total. The van der Waals surface area contributed by atoms with Gasteiger partial charge in [-0.1, -0.05) is 0 Å². The molecule has 0 bridgehead atoms. The van der Waals surface area contributed by atoms with E-state index in [-0.39, 0.29) is 0 Å². The molecule has 0 aliphatic carbocycles. The van der Waals surface area contributed by atoms with Crippen molar-refractivity contribution in [1.29, 1.82) is 0 Å². The minimum Gasteiger partial charge on any atom is -0.346 e. The van der Waals surface area contributed by atoms with E-state index in [4.69, 9.17) is 0 Å². The van der Waals surface area contributed by atoms with E-state index >= 15 is 0 Å². The van der Waals surface area contributed by atoms with Crippen molar-refractivity contribution in [3.8, 4) is 0 Å². The van der Waals surface area contributed by atoms with Crippen LogP contribution in [0.2, 0.25) is 0 Å². The highest BCUT2D eigenvalue weighted by Gasteiger charge is 1.95. The van der Waals surface area contributed by atoms with Crippen molar-refractivity contribution < 1.29 is 0 Å². The molecule has 1 N–H and O–H groups in total. The lowest BCUT2D eigenvalue weighted by atomic mass is 10.6. The van der Waals surface area contributed by atoms with Crippen LogP contribution in [0.1, 0.15) is 0 Å². The third-order valence-corrected chi connectivity index (χ3v) is 1.35. The van der Waals surface area contributed by atoms with Gasteiger partial charge in [-0.15, -0.1) is 0 Å². The maximum Gasteiger partial charge on any atom is 0.134 e. The van der Waals surface area contributed by atoms with Gasteiger partial charge in [0.05, 0.1) is 6.20 Å². The van der Waals surface area contributed by atoms with Crippen molar-refractivity contribution in [2.75, 3.05) is 5.32 Å². The molecule has 2 heterocycles. The Kier molecular flexibility index (Phi) is 1.07. The molecule has 1 aromatic rings. The number of nitrogens with one attached hydrogen (secondary N) is 1. The number of anilines is 1. The average Bonchev–Trinajstić information content (AvgIpc) is 2.28. The van der Waals surface area contributed by atoms with Crippen LogP contribution in [0.5, 0.6) is 0 Å². The Bertz CT molecular complexity index is 283. The fourth-order valence-electron chi connectivity index (χ4n) is 0.867. The topological polar surface area (TPSA) is 29.9 Å². The van der Waals surface area contributed by atoms with Gasteiger partial charge < -0.3 is 5.32 Å². The van der Waals surface area contributed by atoms with Crippen LogP contribution in [-0.2, 0) is 0 Å². The van der Waals surface area contributed by atoms with Crippen LogP contribution in [0.25, 0.3) is 6.20 Å². The van der Waals surface area contributed by atoms with Crippen molar-refractivity contribution in [1.82, 2.24) is 9.55 Å². The summed E-state index contributed by atoms with van der Waals surface area (Å²) in [4.78, 5) is 3.96. The van der Waals surface area contributed by atoms with Crippen molar-refractivity contribution in [2.24, 2.45) is 0 Å². The zero-order valence-electron chi connectivity index (χ0n) is 5.36. The molecule has 2 rings (SSSR count). The first-order valence-electron chi connectivity index (χ1n) is 3.08. The summed E-state index contributed by atoms with van der Waals surface area (Å²) in [5.74, 6) is 0.991. The summed E-state index contributed by atoms with van der Waals surface area (Å²) in [5.41, 5.74) is 0. The van der Waals surface area contributed by atoms with E-state index in [1.807, 2.05) is 29.1 Å². The second-order valence-corrected chi connectivity index (χ2v) is 2.03. The Hall–Kier alpha value is -1.51. The summed E-state index contributed by atoms with van der Waals surface area (Å²) in [6, 6.07) is 0. The molecule has 10 heavy (non-hydrogen) atoms. The molecule has 0 aromatic carbocycles. The fraction of sp³-hybridized carbons (Fsp3) is 0. The zero-order valence-corrected chi connectivity index (χ0v) is 5.36. The quantitative estimate of drug-likeness (QED) is 0.578. The van der Waals surface area contributed by atoms with E-state index in [2.05, 4.69) is 10.3 Å². The molecule has 3 heteroatoms. The maximum absolute atomic E-state index is 3.96. The number of allylic oxidation sites excluding steroid dienone is 2. The number of aromatic nitrogens is 2. The number of nitrogens with zero attached hydrogens (tertiary/aromatic N) is 2. The molecule has 0 fully saturated rings. The second-order valence-electron chi connectivity index (χ2n) is 2.03. The van der Waals surface area contributed by atoms with Crippen LogP contribution in [0.4, 0.5) is 5.82 Å². The number of rotatable bonds is 0. The largest absolute Gasteiger partial charge is 0.346 e. The average molecular weight is 133 g/mol. The third kappa shape index (κ3) is 0.719. The van der Waals surface area contributed by atoms with Gasteiger partial charge in [-0.3, -0.25) is 4.57 Å². The van der Waals surface area contributed by atoms with Crippen molar-refractivity contribution in [3.05, 3.63) is 30.9 Å². The summed E-state index contributed by atoms with van der Waals surface area (Å²) in [6.07, 6.45) is 11.2. The van der Waals surface area contributed by atoms with Crippen LogP contribution < -0.4 is 5.32 Å². The fourth-order valence-corrected chi connectivity index (χ4v) is 0.867. The molecular formula is C7H7N3. The van der Waals surface area contributed by atoms with Gasteiger partial charge in [0.25, 0.3) is 0 Å². The van der Waals surface area contributed by atoms with Gasteiger partial charge in [-0.25, -0.2) is 4.98 Å². The number of fused-ring (bicyclic) bond motifs is 1. The molecule has 0 saturated carbocycles. The molecule has 1 aliphatic heterocycles. The van der Waals surface area contributed by atoms with Crippen LogP contribution in [0, 0.1) is 0 Å². The molecule has 0 saturated heterocycles. The standard InChI is InChI=1S/C7H7N3/c1-2-4-10-6-8-5-7(10)9-3-1/h1-6,9H. The van der Waals surface area contributed by atoms with E-state index in [1.165, 1.54) is 0 Å². The van der Waals surface area contributed by atoms with Gasteiger partial charge >= 0.3 is 0 Å². The molecule has 0 unspecified atom stereocenters. The van der Waals surface area contributed by atoms with Crippen LogP contribution >= 0.6 is 0 Å². The highest BCUT2D eigenvalue weighted by molar-refractivity contribution is 5.48. The monoisotopic (exact) mass is 133 g/mol. The number of hydrogen-bond donors (Lipinski definition) is 1. The summed E-state index contributed by atoms with van der Waals surface area (Å²) < 4.78 is 1.92. The van der Waals surface area contributed by atoms with E-state index < -0.39 is 0 Å². The molecule has 0 atom stereocenters. The molecular weight excluding hydrogens is 126 g/mol. The Labute approximate surface area is 58.7 Å². The zero-order chi connectivity index (χ0) is 6.81. The van der Waals surface area contributed by atoms with Crippen molar-refractivity contribution >= 4 is 12.0 Å². The third-order valence-electron chi connectivity index (χ3n) is 1.35. The van der Waals surface area contributed by atoms with Gasteiger partial charge in [0.2, 0.25) is 0 Å². The normalized spacial score (nSPS) is 14.0. The van der Waals surface area contributed by atoms with Crippen LogP contribution in [-0.4, -0.2) is 9.55 Å². The molecule has 1 aromatic heterocycles. The SMILES string of the molecule is C1=CNc2cncn2C=C1. The molecule has 0 radical (unpaired) electrons. The Balaban J connectivity index is 2.50. The first kappa shape index (κ1) is 5.29. The van der Waals surface area contributed by atoms with Gasteiger partial charge in [-0.2, -0.15) is 0 Å². The summed E-state index contributed by atoms with van der Waals surface area (Å²) in [6.45, 7) is 0. The van der Waals surface area contributed by atoms with Crippen LogP contribution in [0.15, 0.2) is 30.9 Å². The molecule has 1 aliphatic rings. The predicted octanol–water partition coefficient (Wildman–Crippen LogP) is 1.29. The minimum atomic E-state index is 0.991. The minimum absolute atomic E-state index is 0.991. The molecule has 0 spiro atoms. The summed E-state index contributed by atoms with van der Waals surface area (Å²) >= 11 is 0. The lowest BCUT2D eigenvalue weighted by Gasteiger charge is -1.97. The smallest absolute Gasteiger partial charge is 0.134 e. The lowest BCUT2D eigenvalue weighted by Crippen LogP contribution is -1.90. The predicted molar refractivity (Wildman–Crippen MR) is 40.3 cm³/mol. The first-order valence-corrected chi connectivity index (χ1v) is 3.08. The second kappa shape index (κ2) is 2.02. The lowest BCUT2D eigenvalue weighted by molar-refractivity contribution is 1.14.